The molecule has 0 saturated carbocycles. The van der Waals surface area contributed by atoms with Gasteiger partial charge in [0.2, 0.25) is 0 Å². The number of hydrogen-bond acceptors (Lipinski definition) is 6. The van der Waals surface area contributed by atoms with Crippen molar-refractivity contribution in [3.63, 3.8) is 0 Å². The Labute approximate surface area is 177 Å². The van der Waals surface area contributed by atoms with E-state index < -0.39 is 0 Å². The van der Waals surface area contributed by atoms with Gasteiger partial charge in [0.05, 0.1) is 22.5 Å². The standard InChI is InChI=1S/C21H21N7OS/c1-12-18(23-13(2)30-12)16-11-22-26-19(16)21(29)24-15-8-9-28-17(10-15)25-20(27-28)14-6-4-3-5-7-14/h3-7,11,15H,8-10H2,1-2H3,(H,22,26)(H,24,29). The van der Waals surface area contributed by atoms with Crippen molar-refractivity contribution < 1.29 is 4.79 Å². The van der Waals surface area contributed by atoms with E-state index in [-0.39, 0.29) is 11.9 Å². The number of aromatic amines is 1. The highest BCUT2D eigenvalue weighted by molar-refractivity contribution is 7.11. The van der Waals surface area contributed by atoms with E-state index in [9.17, 15) is 4.79 Å². The Morgan fingerprint density at radius 1 is 1.23 bits per heavy atom. The Balaban J connectivity index is 1.33. The molecule has 8 nitrogen and oxygen atoms in total. The molecular weight excluding hydrogens is 398 g/mol. The van der Waals surface area contributed by atoms with Gasteiger partial charge in [-0.1, -0.05) is 30.3 Å². The van der Waals surface area contributed by atoms with Crippen LogP contribution in [0, 0.1) is 13.8 Å². The van der Waals surface area contributed by atoms with E-state index in [0.29, 0.717) is 12.1 Å². The number of H-pyrrole nitrogens is 1. The van der Waals surface area contributed by atoms with E-state index in [4.69, 9.17) is 4.98 Å². The Morgan fingerprint density at radius 3 is 2.83 bits per heavy atom. The summed E-state index contributed by atoms with van der Waals surface area (Å²) >= 11 is 1.61. The van der Waals surface area contributed by atoms with Gasteiger partial charge in [-0.3, -0.25) is 9.89 Å². The summed E-state index contributed by atoms with van der Waals surface area (Å²) in [5.41, 5.74) is 2.99. The van der Waals surface area contributed by atoms with Crippen LogP contribution in [0.3, 0.4) is 0 Å². The molecule has 0 fully saturated rings. The molecule has 1 atom stereocenters. The van der Waals surface area contributed by atoms with E-state index in [0.717, 1.165) is 51.3 Å². The summed E-state index contributed by atoms with van der Waals surface area (Å²) in [6.07, 6.45) is 3.11. The van der Waals surface area contributed by atoms with Crippen molar-refractivity contribution in [3.8, 4) is 22.6 Å². The molecule has 30 heavy (non-hydrogen) atoms. The minimum absolute atomic E-state index is 0.00718. The molecule has 1 amide bonds. The number of fused-ring (bicyclic) bond motifs is 1. The van der Waals surface area contributed by atoms with E-state index >= 15 is 0 Å². The van der Waals surface area contributed by atoms with Crippen LogP contribution in [0.25, 0.3) is 22.6 Å². The summed E-state index contributed by atoms with van der Waals surface area (Å²) in [7, 11) is 0. The molecule has 9 heteroatoms. The summed E-state index contributed by atoms with van der Waals surface area (Å²) in [6.45, 7) is 4.69. The topological polar surface area (TPSA) is 101 Å². The van der Waals surface area contributed by atoms with Crippen LogP contribution in [-0.4, -0.2) is 41.9 Å². The number of thiazole rings is 1. The minimum atomic E-state index is -0.172. The molecule has 1 aliphatic rings. The van der Waals surface area contributed by atoms with Crippen LogP contribution in [0.15, 0.2) is 36.5 Å². The average molecular weight is 420 g/mol. The number of amides is 1. The first-order chi connectivity index (χ1) is 14.6. The van der Waals surface area contributed by atoms with Gasteiger partial charge in [0, 0.05) is 29.4 Å². The number of carbonyl (C=O) groups is 1. The number of hydrogen-bond donors (Lipinski definition) is 2. The molecule has 4 aromatic rings. The van der Waals surface area contributed by atoms with Gasteiger partial charge in [0.25, 0.3) is 5.91 Å². The smallest absolute Gasteiger partial charge is 0.270 e. The normalized spacial score (nSPS) is 15.7. The van der Waals surface area contributed by atoms with Crippen LogP contribution in [0.2, 0.25) is 0 Å². The number of carbonyl (C=O) groups excluding carboxylic acids is 1. The number of aromatic nitrogens is 6. The van der Waals surface area contributed by atoms with Crippen molar-refractivity contribution in [2.24, 2.45) is 0 Å². The number of rotatable bonds is 4. The average Bonchev–Trinajstić information content (AvgIpc) is 3.46. The van der Waals surface area contributed by atoms with Gasteiger partial charge < -0.3 is 5.32 Å². The molecule has 3 aromatic heterocycles. The highest BCUT2D eigenvalue weighted by atomic mass is 32.1. The summed E-state index contributed by atoms with van der Waals surface area (Å²) < 4.78 is 1.94. The summed E-state index contributed by atoms with van der Waals surface area (Å²) in [4.78, 5) is 23.3. The van der Waals surface area contributed by atoms with Gasteiger partial charge in [-0.05, 0) is 20.3 Å². The van der Waals surface area contributed by atoms with Crippen LogP contribution in [0.5, 0.6) is 0 Å². The molecule has 0 saturated heterocycles. The van der Waals surface area contributed by atoms with Crippen molar-refractivity contribution in [1.29, 1.82) is 0 Å². The fourth-order valence-corrected chi connectivity index (χ4v) is 4.65. The predicted molar refractivity (Wildman–Crippen MR) is 114 cm³/mol. The van der Waals surface area contributed by atoms with E-state index in [2.05, 4.69) is 25.6 Å². The number of benzene rings is 1. The molecule has 0 bridgehead atoms. The Hall–Kier alpha value is -3.33. The van der Waals surface area contributed by atoms with Crippen LogP contribution in [0.4, 0.5) is 0 Å². The molecular formula is C21H21N7OS. The third-order valence-corrected chi connectivity index (χ3v) is 6.15. The van der Waals surface area contributed by atoms with Gasteiger partial charge in [-0.15, -0.1) is 11.3 Å². The van der Waals surface area contributed by atoms with Crippen molar-refractivity contribution in [2.45, 2.75) is 39.3 Å². The first-order valence-corrected chi connectivity index (χ1v) is 10.7. The summed E-state index contributed by atoms with van der Waals surface area (Å²) in [6, 6.07) is 9.93. The number of aryl methyl sites for hydroxylation is 3. The maximum Gasteiger partial charge on any atom is 0.270 e. The van der Waals surface area contributed by atoms with Crippen LogP contribution < -0.4 is 5.32 Å². The fourth-order valence-electron chi connectivity index (χ4n) is 3.81. The first kappa shape index (κ1) is 18.7. The zero-order chi connectivity index (χ0) is 20.7. The van der Waals surface area contributed by atoms with Crippen molar-refractivity contribution in [2.75, 3.05) is 0 Å². The highest BCUT2D eigenvalue weighted by Gasteiger charge is 2.26. The molecule has 4 heterocycles. The lowest BCUT2D eigenvalue weighted by Gasteiger charge is -2.23. The molecule has 2 N–H and O–H groups in total. The lowest BCUT2D eigenvalue weighted by Crippen LogP contribution is -2.40. The lowest BCUT2D eigenvalue weighted by molar-refractivity contribution is 0.0925. The Kier molecular flexibility index (Phi) is 4.66. The van der Waals surface area contributed by atoms with Crippen molar-refractivity contribution in [3.05, 3.63) is 57.9 Å². The fraction of sp³-hybridized carbons (Fsp3) is 0.286. The molecule has 152 valence electrons. The quantitative estimate of drug-likeness (QED) is 0.529. The Bertz CT molecular complexity index is 1210. The summed E-state index contributed by atoms with van der Waals surface area (Å²) in [5, 5.41) is 15.7. The van der Waals surface area contributed by atoms with Crippen LogP contribution in [-0.2, 0) is 13.0 Å². The SMILES string of the molecule is Cc1nc(-c2cn[nH]c2C(=O)NC2CCn3nc(-c4ccccc4)nc3C2)c(C)s1. The van der Waals surface area contributed by atoms with Gasteiger partial charge >= 0.3 is 0 Å². The molecule has 0 aliphatic carbocycles. The number of nitrogens with zero attached hydrogens (tertiary/aromatic N) is 5. The lowest BCUT2D eigenvalue weighted by atomic mass is 10.1. The Morgan fingerprint density at radius 2 is 2.07 bits per heavy atom. The summed E-state index contributed by atoms with van der Waals surface area (Å²) in [5.74, 6) is 1.44. The van der Waals surface area contributed by atoms with Crippen molar-refractivity contribution in [1.82, 2.24) is 35.3 Å². The second kappa shape index (κ2) is 7.49. The number of nitrogens with one attached hydrogen (secondary N) is 2. The van der Waals surface area contributed by atoms with Crippen molar-refractivity contribution >= 4 is 17.2 Å². The second-order valence-electron chi connectivity index (χ2n) is 7.40. The molecule has 0 radical (unpaired) electrons. The van der Waals surface area contributed by atoms with Crippen LogP contribution in [0.1, 0.15) is 32.6 Å². The van der Waals surface area contributed by atoms with Gasteiger partial charge in [0.15, 0.2) is 5.82 Å². The third-order valence-electron chi connectivity index (χ3n) is 5.26. The van der Waals surface area contributed by atoms with Gasteiger partial charge in [-0.2, -0.15) is 10.2 Å². The minimum Gasteiger partial charge on any atom is -0.347 e. The predicted octanol–water partition coefficient (Wildman–Crippen LogP) is 3.15. The second-order valence-corrected chi connectivity index (χ2v) is 8.81. The van der Waals surface area contributed by atoms with Crippen LogP contribution >= 0.6 is 11.3 Å². The maximum absolute atomic E-state index is 13.0. The van der Waals surface area contributed by atoms with Gasteiger partial charge in [-0.25, -0.2) is 14.6 Å². The highest BCUT2D eigenvalue weighted by Crippen LogP contribution is 2.29. The van der Waals surface area contributed by atoms with E-state index in [1.54, 1.807) is 17.5 Å². The zero-order valence-electron chi connectivity index (χ0n) is 16.7. The molecule has 1 unspecified atom stereocenters. The largest absolute Gasteiger partial charge is 0.347 e. The third kappa shape index (κ3) is 3.41. The first-order valence-electron chi connectivity index (χ1n) is 9.86. The monoisotopic (exact) mass is 419 g/mol. The van der Waals surface area contributed by atoms with E-state index in [1.807, 2.05) is 48.9 Å². The molecule has 5 rings (SSSR count). The molecule has 1 aromatic carbocycles. The zero-order valence-corrected chi connectivity index (χ0v) is 17.5. The van der Waals surface area contributed by atoms with Gasteiger partial charge in [0.1, 0.15) is 11.5 Å². The molecule has 1 aliphatic heterocycles. The maximum atomic E-state index is 13.0. The molecule has 0 spiro atoms. The van der Waals surface area contributed by atoms with E-state index in [1.165, 1.54) is 0 Å².